The van der Waals surface area contributed by atoms with Crippen LogP contribution in [0, 0.1) is 17.5 Å². The second-order valence-electron chi connectivity index (χ2n) is 6.93. The highest BCUT2D eigenvalue weighted by molar-refractivity contribution is 7.92. The highest BCUT2D eigenvalue weighted by Gasteiger charge is 2.23. The summed E-state index contributed by atoms with van der Waals surface area (Å²) in [5.74, 6) is -3.39. The van der Waals surface area contributed by atoms with Crippen LogP contribution >= 0.6 is 0 Å². The average molecular weight is 460 g/mol. The van der Waals surface area contributed by atoms with E-state index >= 15 is 0 Å². The maximum atomic E-state index is 14.6. The number of carbonyl (C=O) groups excluding carboxylic acids is 1. The number of hydrogen-bond donors (Lipinski definition) is 2. The summed E-state index contributed by atoms with van der Waals surface area (Å²) in [7, 11) is -4.51. The zero-order valence-electron chi connectivity index (χ0n) is 16.4. The normalized spacial score (nSPS) is 11.6. The number of hydrogen-bond acceptors (Lipinski definition) is 5. The lowest BCUT2D eigenvalue weighted by Crippen LogP contribution is -2.15. The van der Waals surface area contributed by atoms with Gasteiger partial charge < -0.3 is 5.73 Å². The topological polar surface area (TPSA) is 107 Å². The van der Waals surface area contributed by atoms with Crippen molar-refractivity contribution in [3.05, 3.63) is 72.0 Å². The molecule has 164 valence electrons. The second-order valence-corrected chi connectivity index (χ2v) is 8.58. The van der Waals surface area contributed by atoms with Gasteiger partial charge >= 0.3 is 0 Å². The van der Waals surface area contributed by atoms with Gasteiger partial charge in [0.15, 0.2) is 5.82 Å². The third-order valence-corrected chi connectivity index (χ3v) is 6.10. The monoisotopic (exact) mass is 460 g/mol. The van der Waals surface area contributed by atoms with Crippen LogP contribution in [0.25, 0.3) is 22.0 Å². The Kier molecular flexibility index (Phi) is 5.13. The summed E-state index contributed by atoms with van der Waals surface area (Å²) in [5, 5.41) is 4.26. The van der Waals surface area contributed by atoms with E-state index in [-0.39, 0.29) is 28.5 Å². The van der Waals surface area contributed by atoms with Crippen LogP contribution in [-0.4, -0.2) is 24.1 Å². The third kappa shape index (κ3) is 3.78. The Hall–Kier alpha value is -3.86. The Balaban J connectivity index is 1.82. The molecule has 11 heteroatoms. The number of nitrogens with one attached hydrogen (secondary N) is 1. The molecule has 7 nitrogen and oxygen atoms in total. The van der Waals surface area contributed by atoms with E-state index in [0.717, 1.165) is 22.9 Å². The number of nitrogen functional groups attached to an aromatic ring is 1. The Labute approximate surface area is 180 Å². The molecule has 0 spiro atoms. The zero-order valence-corrected chi connectivity index (χ0v) is 17.3. The van der Waals surface area contributed by atoms with Crippen LogP contribution in [0.15, 0.2) is 59.5 Å². The Morgan fingerprint density at radius 2 is 1.78 bits per heavy atom. The molecule has 0 saturated heterocycles. The predicted octanol–water partition coefficient (Wildman–Crippen LogP) is 4.16. The summed E-state index contributed by atoms with van der Waals surface area (Å²) >= 11 is 0. The molecule has 0 bridgehead atoms. The highest BCUT2D eigenvalue weighted by atomic mass is 32.2. The van der Waals surface area contributed by atoms with E-state index < -0.39 is 32.4 Å². The molecule has 32 heavy (non-hydrogen) atoms. The molecule has 1 heterocycles. The van der Waals surface area contributed by atoms with Gasteiger partial charge in [-0.1, -0.05) is 12.1 Å². The van der Waals surface area contributed by atoms with E-state index in [2.05, 4.69) is 9.82 Å². The number of rotatable bonds is 4. The fourth-order valence-electron chi connectivity index (χ4n) is 3.27. The van der Waals surface area contributed by atoms with Crippen molar-refractivity contribution in [2.75, 3.05) is 10.5 Å². The minimum Gasteiger partial charge on any atom is -0.382 e. The average Bonchev–Trinajstić information content (AvgIpc) is 3.04. The smallest absolute Gasteiger partial charge is 0.264 e. The quantitative estimate of drug-likeness (QED) is 0.476. The zero-order chi connectivity index (χ0) is 23.2. The molecule has 0 radical (unpaired) electrons. The lowest BCUT2D eigenvalue weighted by atomic mass is 10.0. The first-order valence-electron chi connectivity index (χ1n) is 9.14. The summed E-state index contributed by atoms with van der Waals surface area (Å²) in [6.45, 7) is 1.29. The Morgan fingerprint density at radius 1 is 1.03 bits per heavy atom. The molecule has 0 fully saturated rings. The minimum absolute atomic E-state index is 0.0141. The van der Waals surface area contributed by atoms with Gasteiger partial charge in [-0.2, -0.15) is 4.68 Å². The molecule has 0 aliphatic rings. The van der Waals surface area contributed by atoms with E-state index in [0.29, 0.717) is 17.0 Å². The number of nitrogens with two attached hydrogens (primary N) is 1. The van der Waals surface area contributed by atoms with Gasteiger partial charge in [-0.25, -0.2) is 21.6 Å². The summed E-state index contributed by atoms with van der Waals surface area (Å²) in [4.78, 5) is 10.9. The molecule has 0 amide bonds. The summed E-state index contributed by atoms with van der Waals surface area (Å²) < 4.78 is 71.0. The van der Waals surface area contributed by atoms with Crippen molar-refractivity contribution >= 4 is 38.3 Å². The van der Waals surface area contributed by atoms with Gasteiger partial charge in [0.25, 0.3) is 10.0 Å². The van der Waals surface area contributed by atoms with Crippen LogP contribution in [-0.2, 0) is 10.0 Å². The van der Waals surface area contributed by atoms with Crippen molar-refractivity contribution in [3.8, 4) is 11.1 Å². The van der Waals surface area contributed by atoms with Gasteiger partial charge in [-0.05, 0) is 42.0 Å². The number of benzene rings is 3. The van der Waals surface area contributed by atoms with E-state index in [1.54, 1.807) is 0 Å². The van der Waals surface area contributed by atoms with E-state index in [9.17, 15) is 26.4 Å². The Bertz CT molecular complexity index is 1500. The first kappa shape index (κ1) is 21.4. The van der Waals surface area contributed by atoms with Crippen molar-refractivity contribution in [3.63, 3.8) is 0 Å². The molecule has 0 atom stereocenters. The van der Waals surface area contributed by atoms with Crippen LogP contribution in [0.5, 0.6) is 0 Å². The number of sulfonamides is 1. The van der Waals surface area contributed by atoms with Gasteiger partial charge in [-0.3, -0.25) is 9.52 Å². The number of nitrogens with zero attached hydrogens (tertiary/aromatic N) is 2. The first-order valence-corrected chi connectivity index (χ1v) is 10.6. The predicted molar refractivity (Wildman–Crippen MR) is 113 cm³/mol. The van der Waals surface area contributed by atoms with E-state index in [4.69, 9.17) is 5.73 Å². The fourth-order valence-corrected chi connectivity index (χ4v) is 4.40. The van der Waals surface area contributed by atoms with E-state index in [1.165, 1.54) is 37.3 Å². The van der Waals surface area contributed by atoms with Crippen LogP contribution in [0.1, 0.15) is 11.7 Å². The van der Waals surface area contributed by atoms with Gasteiger partial charge in [-0.15, -0.1) is 5.10 Å². The molecule has 0 saturated carbocycles. The van der Waals surface area contributed by atoms with Crippen molar-refractivity contribution in [2.24, 2.45) is 0 Å². The molecular formula is C21H15F3N4O3S. The maximum absolute atomic E-state index is 14.6. The highest BCUT2D eigenvalue weighted by Crippen LogP contribution is 2.32. The minimum atomic E-state index is -4.51. The number of fused-ring (bicyclic) bond motifs is 1. The maximum Gasteiger partial charge on any atom is 0.264 e. The Morgan fingerprint density at radius 3 is 2.47 bits per heavy atom. The van der Waals surface area contributed by atoms with Crippen LogP contribution in [0.4, 0.5) is 24.7 Å². The summed E-state index contributed by atoms with van der Waals surface area (Å²) in [5.41, 5.74) is 6.07. The van der Waals surface area contributed by atoms with Crippen molar-refractivity contribution in [1.82, 2.24) is 9.78 Å². The van der Waals surface area contributed by atoms with Crippen molar-refractivity contribution in [1.29, 1.82) is 0 Å². The lowest BCUT2D eigenvalue weighted by Gasteiger charge is -2.12. The summed E-state index contributed by atoms with van der Waals surface area (Å²) in [6, 6.07) is 10.2. The third-order valence-electron chi connectivity index (χ3n) is 4.71. The van der Waals surface area contributed by atoms with Gasteiger partial charge in [0, 0.05) is 23.9 Å². The molecule has 0 aliphatic heterocycles. The fraction of sp³-hybridized carbons (Fsp3) is 0.0476. The standard InChI is InChI=1S/C21H15F3N4O3S/c1-11(29)28-19-6-5-12(7-16(19)21(25)26-28)15-9-20(18(24)10-17(15)23)32(30,31)27-14-4-2-3-13(22)8-14/h2-10,27H,1H3,(H2,25,26). The van der Waals surface area contributed by atoms with Gasteiger partial charge in [0.2, 0.25) is 5.91 Å². The van der Waals surface area contributed by atoms with Crippen LogP contribution < -0.4 is 10.5 Å². The van der Waals surface area contributed by atoms with Crippen LogP contribution in [0.3, 0.4) is 0 Å². The first-order chi connectivity index (χ1) is 15.1. The molecular weight excluding hydrogens is 445 g/mol. The molecule has 4 aromatic rings. The molecule has 3 N–H and O–H groups in total. The number of aromatic nitrogens is 2. The summed E-state index contributed by atoms with van der Waals surface area (Å²) in [6.07, 6.45) is 0. The number of anilines is 2. The largest absolute Gasteiger partial charge is 0.382 e. The number of halogens is 3. The SMILES string of the molecule is CC(=O)n1nc(N)c2cc(-c3cc(S(=O)(=O)Nc4cccc(F)c4)c(F)cc3F)ccc21. The molecule has 0 unspecified atom stereocenters. The molecule has 3 aromatic carbocycles. The molecule has 0 aliphatic carbocycles. The molecule has 1 aromatic heterocycles. The van der Waals surface area contributed by atoms with Crippen molar-refractivity contribution in [2.45, 2.75) is 11.8 Å². The van der Waals surface area contributed by atoms with Gasteiger partial charge in [0.05, 0.1) is 11.2 Å². The van der Waals surface area contributed by atoms with E-state index in [1.807, 2.05) is 0 Å². The van der Waals surface area contributed by atoms with Crippen molar-refractivity contribution < 1.29 is 26.4 Å². The van der Waals surface area contributed by atoms with Crippen LogP contribution in [0.2, 0.25) is 0 Å². The molecule has 4 rings (SSSR count). The number of carbonyl (C=O) groups is 1. The lowest BCUT2D eigenvalue weighted by molar-refractivity contribution is 0.0927. The second kappa shape index (κ2) is 7.68. The van der Waals surface area contributed by atoms with Gasteiger partial charge in [0.1, 0.15) is 22.3 Å².